The van der Waals surface area contributed by atoms with E-state index < -0.39 is 0 Å². The first kappa shape index (κ1) is 13.6. The van der Waals surface area contributed by atoms with Crippen LogP contribution < -0.4 is 10.2 Å². The van der Waals surface area contributed by atoms with E-state index in [1.807, 2.05) is 6.20 Å². The van der Waals surface area contributed by atoms with Crippen LogP contribution in [0.25, 0.3) is 0 Å². The van der Waals surface area contributed by atoms with Crippen molar-refractivity contribution in [2.45, 2.75) is 38.9 Å². The summed E-state index contributed by atoms with van der Waals surface area (Å²) in [6.45, 7) is 5.06. The maximum atomic E-state index is 4.54. The van der Waals surface area contributed by atoms with E-state index in [9.17, 15) is 0 Å². The van der Waals surface area contributed by atoms with Crippen LogP contribution >= 0.6 is 11.3 Å². The highest BCUT2D eigenvalue weighted by Gasteiger charge is 2.20. The molecule has 1 N–H and O–H groups in total. The third kappa shape index (κ3) is 3.58. The van der Waals surface area contributed by atoms with Crippen LogP contribution in [0.4, 0.5) is 5.82 Å². The smallest absolute Gasteiger partial charge is 0.129 e. The van der Waals surface area contributed by atoms with Crippen LogP contribution in [0.3, 0.4) is 0 Å². The fraction of sp³-hybridized carbons (Fsp3) is 0.438. The second kappa shape index (κ2) is 6.37. The van der Waals surface area contributed by atoms with Gasteiger partial charge >= 0.3 is 0 Å². The van der Waals surface area contributed by atoms with Crippen LogP contribution in [0.5, 0.6) is 0 Å². The number of hydrogen-bond donors (Lipinski definition) is 1. The first-order chi connectivity index (χ1) is 9.85. The molecule has 1 aliphatic carbocycles. The first-order valence-electron chi connectivity index (χ1n) is 7.31. The van der Waals surface area contributed by atoms with Gasteiger partial charge in [-0.2, -0.15) is 0 Å². The molecule has 0 aromatic carbocycles. The highest BCUT2D eigenvalue weighted by Crippen LogP contribution is 2.21. The van der Waals surface area contributed by atoms with Gasteiger partial charge in [0.05, 0.1) is 6.54 Å². The molecule has 0 atom stereocenters. The number of nitrogens with zero attached hydrogens (tertiary/aromatic N) is 2. The monoisotopic (exact) mass is 287 g/mol. The minimum atomic E-state index is 0.750. The Kier molecular flexibility index (Phi) is 4.33. The van der Waals surface area contributed by atoms with Gasteiger partial charge in [0.1, 0.15) is 5.82 Å². The van der Waals surface area contributed by atoms with E-state index in [1.54, 1.807) is 11.3 Å². The Morgan fingerprint density at radius 1 is 1.40 bits per heavy atom. The van der Waals surface area contributed by atoms with E-state index in [4.69, 9.17) is 0 Å². The van der Waals surface area contributed by atoms with Crippen molar-refractivity contribution in [3.05, 3.63) is 46.3 Å². The highest BCUT2D eigenvalue weighted by atomic mass is 32.1. The summed E-state index contributed by atoms with van der Waals surface area (Å²) < 4.78 is 0. The highest BCUT2D eigenvalue weighted by molar-refractivity contribution is 7.09. The van der Waals surface area contributed by atoms with Crippen molar-refractivity contribution in [2.24, 2.45) is 0 Å². The molecule has 106 valence electrons. The van der Waals surface area contributed by atoms with E-state index in [0.717, 1.165) is 31.5 Å². The second-order valence-electron chi connectivity index (χ2n) is 5.27. The van der Waals surface area contributed by atoms with Crippen molar-refractivity contribution in [2.75, 3.05) is 11.4 Å². The molecule has 1 saturated carbocycles. The number of rotatable bonds is 7. The normalized spacial score (nSPS) is 14.4. The molecule has 0 bridgehead atoms. The zero-order chi connectivity index (χ0) is 13.8. The molecule has 1 fully saturated rings. The zero-order valence-corrected chi connectivity index (χ0v) is 12.7. The molecule has 3 nitrogen and oxygen atoms in total. The average molecular weight is 287 g/mol. The van der Waals surface area contributed by atoms with E-state index in [-0.39, 0.29) is 0 Å². The van der Waals surface area contributed by atoms with E-state index in [1.165, 1.54) is 23.3 Å². The van der Waals surface area contributed by atoms with Gasteiger partial charge in [0, 0.05) is 30.2 Å². The summed E-state index contributed by atoms with van der Waals surface area (Å²) in [5.41, 5.74) is 1.33. The minimum Gasteiger partial charge on any atom is -0.352 e. The predicted octanol–water partition coefficient (Wildman–Crippen LogP) is 3.42. The van der Waals surface area contributed by atoms with Gasteiger partial charge in [0.25, 0.3) is 0 Å². The number of nitrogens with one attached hydrogen (secondary N) is 1. The lowest BCUT2D eigenvalue weighted by Gasteiger charge is -2.21. The van der Waals surface area contributed by atoms with Gasteiger partial charge in [0.15, 0.2) is 0 Å². The summed E-state index contributed by atoms with van der Waals surface area (Å²) in [5.74, 6) is 1.08. The molecule has 0 unspecified atom stereocenters. The van der Waals surface area contributed by atoms with Crippen LogP contribution in [0, 0.1) is 0 Å². The van der Waals surface area contributed by atoms with Gasteiger partial charge in [-0.15, -0.1) is 11.3 Å². The number of anilines is 1. The third-order valence-corrected chi connectivity index (χ3v) is 4.48. The van der Waals surface area contributed by atoms with E-state index >= 15 is 0 Å². The van der Waals surface area contributed by atoms with Gasteiger partial charge in [-0.1, -0.05) is 6.07 Å². The number of thiophene rings is 1. The molecule has 0 amide bonds. The van der Waals surface area contributed by atoms with Crippen LogP contribution in [-0.4, -0.2) is 17.6 Å². The summed E-state index contributed by atoms with van der Waals surface area (Å²) in [4.78, 5) is 8.25. The van der Waals surface area contributed by atoms with Crippen LogP contribution in [0.15, 0.2) is 35.8 Å². The second-order valence-corrected chi connectivity index (χ2v) is 6.30. The Labute approximate surface area is 124 Å². The first-order valence-corrected chi connectivity index (χ1v) is 8.18. The van der Waals surface area contributed by atoms with Crippen molar-refractivity contribution in [3.63, 3.8) is 0 Å². The van der Waals surface area contributed by atoms with Crippen molar-refractivity contribution in [1.29, 1.82) is 0 Å². The Morgan fingerprint density at radius 2 is 2.30 bits per heavy atom. The maximum Gasteiger partial charge on any atom is 0.129 e. The van der Waals surface area contributed by atoms with Gasteiger partial charge in [0.2, 0.25) is 0 Å². The molecule has 0 saturated heterocycles. The topological polar surface area (TPSA) is 28.2 Å². The summed E-state index contributed by atoms with van der Waals surface area (Å²) >= 11 is 1.81. The minimum absolute atomic E-state index is 0.750. The van der Waals surface area contributed by atoms with Gasteiger partial charge in [-0.3, -0.25) is 0 Å². The molecule has 0 aliphatic heterocycles. The molecule has 1 aliphatic rings. The Bertz CT molecular complexity index is 534. The molecule has 0 radical (unpaired) electrons. The molecule has 4 heteroatoms. The lowest BCUT2D eigenvalue weighted by Crippen LogP contribution is -2.23. The molecule has 2 heterocycles. The lowest BCUT2D eigenvalue weighted by molar-refractivity contribution is 0.686. The van der Waals surface area contributed by atoms with Gasteiger partial charge in [-0.25, -0.2) is 4.98 Å². The number of aromatic nitrogens is 1. The Morgan fingerprint density at radius 3 is 3.00 bits per heavy atom. The SMILES string of the molecule is CCN(Cc1cccs1)c1cc(CNC2CC2)ccn1. The molecular weight excluding hydrogens is 266 g/mol. The van der Waals surface area contributed by atoms with Crippen molar-refractivity contribution < 1.29 is 0 Å². The van der Waals surface area contributed by atoms with Crippen LogP contribution in [0.1, 0.15) is 30.2 Å². The fourth-order valence-electron chi connectivity index (χ4n) is 2.24. The number of pyridine rings is 1. The largest absolute Gasteiger partial charge is 0.352 e. The molecular formula is C16H21N3S. The summed E-state index contributed by atoms with van der Waals surface area (Å²) in [6.07, 6.45) is 4.59. The summed E-state index contributed by atoms with van der Waals surface area (Å²) in [6, 6.07) is 9.37. The van der Waals surface area contributed by atoms with Crippen molar-refractivity contribution in [3.8, 4) is 0 Å². The molecule has 3 rings (SSSR count). The maximum absolute atomic E-state index is 4.54. The van der Waals surface area contributed by atoms with E-state index in [2.05, 4.69) is 51.8 Å². The lowest BCUT2D eigenvalue weighted by atomic mass is 10.2. The average Bonchev–Trinajstić information content (AvgIpc) is 3.18. The Hall–Kier alpha value is -1.39. The molecule has 0 spiro atoms. The Balaban J connectivity index is 1.67. The fourth-order valence-corrected chi connectivity index (χ4v) is 2.96. The van der Waals surface area contributed by atoms with Crippen molar-refractivity contribution >= 4 is 17.2 Å². The van der Waals surface area contributed by atoms with Crippen LogP contribution in [-0.2, 0) is 13.1 Å². The molecule has 20 heavy (non-hydrogen) atoms. The van der Waals surface area contributed by atoms with Gasteiger partial charge in [-0.05, 0) is 48.9 Å². The quantitative estimate of drug-likeness (QED) is 0.845. The standard InChI is InChI=1S/C16H21N3S/c1-2-19(12-15-4-3-9-20-15)16-10-13(7-8-17-16)11-18-14-5-6-14/h3-4,7-10,14,18H,2,5-6,11-12H2,1H3. The third-order valence-electron chi connectivity index (χ3n) is 3.61. The van der Waals surface area contributed by atoms with Crippen molar-refractivity contribution in [1.82, 2.24) is 10.3 Å². The zero-order valence-electron chi connectivity index (χ0n) is 11.9. The summed E-state index contributed by atoms with van der Waals surface area (Å²) in [5, 5.41) is 5.69. The predicted molar refractivity (Wildman–Crippen MR) is 85.1 cm³/mol. The molecule has 2 aromatic rings. The van der Waals surface area contributed by atoms with E-state index in [0.29, 0.717) is 0 Å². The molecule has 2 aromatic heterocycles. The number of hydrogen-bond acceptors (Lipinski definition) is 4. The van der Waals surface area contributed by atoms with Crippen LogP contribution in [0.2, 0.25) is 0 Å². The summed E-state index contributed by atoms with van der Waals surface area (Å²) in [7, 11) is 0. The van der Waals surface area contributed by atoms with Gasteiger partial charge < -0.3 is 10.2 Å².